The maximum absolute atomic E-state index is 12.0. The standard InChI is InChI=1S/C15H16N4O2S/c20-13-7-6-11(9-16-13)17-15(21)18-14-8-12(19-22-14)10-4-2-1-3-5-10/h1-5,8,11H,6-7,9H2,(H,16,20)(H2,17,18,21). The van der Waals surface area contributed by atoms with Crippen LogP contribution in [0.1, 0.15) is 12.8 Å². The summed E-state index contributed by atoms with van der Waals surface area (Å²) in [5.74, 6) is 0.0356. The zero-order valence-electron chi connectivity index (χ0n) is 11.8. The Morgan fingerprint density at radius 2 is 2.14 bits per heavy atom. The molecule has 1 fully saturated rings. The predicted molar refractivity (Wildman–Crippen MR) is 85.7 cm³/mol. The second kappa shape index (κ2) is 6.57. The van der Waals surface area contributed by atoms with E-state index < -0.39 is 0 Å². The van der Waals surface area contributed by atoms with Gasteiger partial charge in [-0.05, 0) is 18.0 Å². The molecule has 3 amide bonds. The molecule has 3 N–H and O–H groups in total. The third-order valence-electron chi connectivity index (χ3n) is 3.42. The Balaban J connectivity index is 1.56. The Labute approximate surface area is 132 Å². The van der Waals surface area contributed by atoms with Crippen LogP contribution in [0, 0.1) is 0 Å². The van der Waals surface area contributed by atoms with Crippen molar-refractivity contribution in [2.24, 2.45) is 0 Å². The van der Waals surface area contributed by atoms with Crippen LogP contribution in [0.15, 0.2) is 36.4 Å². The summed E-state index contributed by atoms with van der Waals surface area (Å²) in [5, 5.41) is 9.06. The zero-order valence-corrected chi connectivity index (χ0v) is 12.7. The number of hydrogen-bond donors (Lipinski definition) is 3. The smallest absolute Gasteiger partial charge is 0.320 e. The molecule has 2 heterocycles. The number of nitrogens with zero attached hydrogens (tertiary/aromatic N) is 1. The summed E-state index contributed by atoms with van der Waals surface area (Å²) in [6.07, 6.45) is 1.11. The first-order chi connectivity index (χ1) is 10.7. The van der Waals surface area contributed by atoms with Crippen LogP contribution in [0.3, 0.4) is 0 Å². The third kappa shape index (κ3) is 3.62. The molecule has 7 heteroatoms. The number of nitrogens with one attached hydrogen (secondary N) is 3. The molecule has 1 aromatic heterocycles. The minimum atomic E-state index is -0.274. The van der Waals surface area contributed by atoms with Crippen LogP contribution >= 0.6 is 11.5 Å². The lowest BCUT2D eigenvalue weighted by molar-refractivity contribution is -0.122. The summed E-state index contributed by atoms with van der Waals surface area (Å²) in [4.78, 5) is 23.0. The van der Waals surface area contributed by atoms with E-state index in [1.54, 1.807) is 0 Å². The number of amides is 3. The Morgan fingerprint density at radius 3 is 2.86 bits per heavy atom. The van der Waals surface area contributed by atoms with Crippen LogP contribution in [0.2, 0.25) is 0 Å². The third-order valence-corrected chi connectivity index (χ3v) is 4.12. The van der Waals surface area contributed by atoms with Crippen LogP contribution in [0.4, 0.5) is 9.80 Å². The molecule has 3 rings (SSSR count). The van der Waals surface area contributed by atoms with E-state index in [0.717, 1.165) is 11.3 Å². The van der Waals surface area contributed by atoms with Crippen molar-refractivity contribution < 1.29 is 9.59 Å². The van der Waals surface area contributed by atoms with Crippen LogP contribution in [0.5, 0.6) is 0 Å². The zero-order chi connectivity index (χ0) is 15.4. The van der Waals surface area contributed by atoms with E-state index in [9.17, 15) is 9.59 Å². The number of benzene rings is 1. The van der Waals surface area contributed by atoms with E-state index in [4.69, 9.17) is 0 Å². The largest absolute Gasteiger partial charge is 0.354 e. The summed E-state index contributed by atoms with van der Waals surface area (Å²) in [6.45, 7) is 0.476. The lowest BCUT2D eigenvalue weighted by Gasteiger charge is -2.23. The fourth-order valence-corrected chi connectivity index (χ4v) is 2.93. The molecule has 114 valence electrons. The maximum atomic E-state index is 12.0. The highest BCUT2D eigenvalue weighted by Crippen LogP contribution is 2.25. The molecule has 0 spiro atoms. The molecule has 2 aromatic rings. The Hall–Kier alpha value is -2.41. The minimum absolute atomic E-state index is 0.0285. The van der Waals surface area contributed by atoms with Crippen molar-refractivity contribution in [3.8, 4) is 11.3 Å². The molecule has 1 unspecified atom stereocenters. The van der Waals surface area contributed by atoms with Crippen LogP contribution in [0.25, 0.3) is 11.3 Å². The highest BCUT2D eigenvalue weighted by atomic mass is 32.1. The Kier molecular flexibility index (Phi) is 4.34. The Morgan fingerprint density at radius 1 is 1.32 bits per heavy atom. The fraction of sp³-hybridized carbons (Fsp3) is 0.267. The molecule has 0 saturated carbocycles. The second-order valence-electron chi connectivity index (χ2n) is 5.08. The molecule has 1 saturated heterocycles. The van der Waals surface area contributed by atoms with E-state index in [-0.39, 0.29) is 18.0 Å². The molecule has 0 aliphatic carbocycles. The molecule has 1 atom stereocenters. The molecular formula is C15H16N4O2S. The number of hydrogen-bond acceptors (Lipinski definition) is 4. The van der Waals surface area contributed by atoms with Gasteiger partial charge in [-0.15, -0.1) is 0 Å². The number of anilines is 1. The van der Waals surface area contributed by atoms with Gasteiger partial charge in [0.1, 0.15) is 5.00 Å². The first-order valence-corrected chi connectivity index (χ1v) is 7.84. The van der Waals surface area contributed by atoms with Crippen LogP contribution in [-0.4, -0.2) is 28.9 Å². The number of urea groups is 1. The Bertz CT molecular complexity index is 661. The van der Waals surface area contributed by atoms with Gasteiger partial charge in [-0.2, -0.15) is 4.37 Å². The lowest BCUT2D eigenvalue weighted by Crippen LogP contribution is -2.48. The summed E-state index contributed by atoms with van der Waals surface area (Å²) in [6, 6.07) is 11.3. The summed E-state index contributed by atoms with van der Waals surface area (Å²) >= 11 is 1.24. The van der Waals surface area contributed by atoms with Gasteiger partial charge in [-0.1, -0.05) is 30.3 Å². The molecule has 22 heavy (non-hydrogen) atoms. The number of carbonyl (C=O) groups excluding carboxylic acids is 2. The van der Waals surface area contributed by atoms with E-state index in [1.807, 2.05) is 36.4 Å². The molecule has 6 nitrogen and oxygen atoms in total. The van der Waals surface area contributed by atoms with Gasteiger partial charge in [0.25, 0.3) is 0 Å². The van der Waals surface area contributed by atoms with Crippen molar-refractivity contribution in [2.75, 3.05) is 11.9 Å². The molecular weight excluding hydrogens is 300 g/mol. The van der Waals surface area contributed by atoms with Gasteiger partial charge in [0.05, 0.1) is 5.69 Å². The van der Waals surface area contributed by atoms with Gasteiger partial charge in [0.15, 0.2) is 0 Å². The average molecular weight is 316 g/mol. The van der Waals surface area contributed by atoms with Crippen molar-refractivity contribution in [1.29, 1.82) is 0 Å². The molecule has 0 bridgehead atoms. The number of piperidine rings is 1. The van der Waals surface area contributed by atoms with Gasteiger partial charge in [0, 0.05) is 30.6 Å². The fourth-order valence-electron chi connectivity index (χ4n) is 2.27. The van der Waals surface area contributed by atoms with Crippen LogP contribution in [-0.2, 0) is 4.79 Å². The average Bonchev–Trinajstić information content (AvgIpc) is 2.99. The topological polar surface area (TPSA) is 83.1 Å². The van der Waals surface area contributed by atoms with E-state index in [0.29, 0.717) is 24.4 Å². The summed E-state index contributed by atoms with van der Waals surface area (Å²) in [5.41, 5.74) is 1.85. The minimum Gasteiger partial charge on any atom is -0.354 e. The SMILES string of the molecule is O=C1CCC(NC(=O)Nc2cc(-c3ccccc3)ns2)CN1. The van der Waals surface area contributed by atoms with Gasteiger partial charge in [-0.25, -0.2) is 4.79 Å². The number of aromatic nitrogens is 1. The normalized spacial score (nSPS) is 17.6. The quantitative estimate of drug-likeness (QED) is 0.812. The monoisotopic (exact) mass is 316 g/mol. The highest BCUT2D eigenvalue weighted by Gasteiger charge is 2.19. The second-order valence-corrected chi connectivity index (χ2v) is 5.89. The highest BCUT2D eigenvalue weighted by molar-refractivity contribution is 7.10. The summed E-state index contributed by atoms with van der Waals surface area (Å²) in [7, 11) is 0. The van der Waals surface area contributed by atoms with E-state index >= 15 is 0 Å². The first kappa shape index (κ1) is 14.5. The van der Waals surface area contributed by atoms with Crippen molar-refractivity contribution in [3.05, 3.63) is 36.4 Å². The van der Waals surface area contributed by atoms with E-state index in [2.05, 4.69) is 20.3 Å². The van der Waals surface area contributed by atoms with Gasteiger partial charge < -0.3 is 10.6 Å². The molecule has 0 radical (unpaired) electrons. The van der Waals surface area contributed by atoms with E-state index in [1.165, 1.54) is 11.5 Å². The maximum Gasteiger partial charge on any atom is 0.320 e. The predicted octanol–water partition coefficient (Wildman–Crippen LogP) is 2.21. The summed E-state index contributed by atoms with van der Waals surface area (Å²) < 4.78 is 4.34. The van der Waals surface area contributed by atoms with Crippen molar-refractivity contribution in [3.63, 3.8) is 0 Å². The first-order valence-electron chi connectivity index (χ1n) is 7.07. The van der Waals surface area contributed by atoms with Crippen molar-refractivity contribution >= 4 is 28.5 Å². The van der Waals surface area contributed by atoms with Gasteiger partial charge >= 0.3 is 6.03 Å². The van der Waals surface area contributed by atoms with Crippen LogP contribution < -0.4 is 16.0 Å². The number of carbonyl (C=O) groups is 2. The van der Waals surface area contributed by atoms with Gasteiger partial charge in [0.2, 0.25) is 5.91 Å². The van der Waals surface area contributed by atoms with Gasteiger partial charge in [-0.3, -0.25) is 10.1 Å². The van der Waals surface area contributed by atoms with Crippen molar-refractivity contribution in [2.45, 2.75) is 18.9 Å². The number of rotatable bonds is 3. The lowest BCUT2D eigenvalue weighted by atomic mass is 10.1. The molecule has 1 aliphatic heterocycles. The van der Waals surface area contributed by atoms with Crippen molar-refractivity contribution in [1.82, 2.24) is 15.0 Å². The molecule has 1 aliphatic rings. The molecule has 1 aromatic carbocycles.